The summed E-state index contributed by atoms with van der Waals surface area (Å²) in [6, 6.07) is 11.6. The second kappa shape index (κ2) is 4.25. The summed E-state index contributed by atoms with van der Waals surface area (Å²) in [5.41, 5.74) is 2.76. The second-order valence-electron chi connectivity index (χ2n) is 5.40. The van der Waals surface area contributed by atoms with Crippen molar-refractivity contribution in [2.75, 3.05) is 14.2 Å². The van der Waals surface area contributed by atoms with Gasteiger partial charge in [-0.25, -0.2) is 0 Å². The number of fused-ring (bicyclic) bond motifs is 1. The molecule has 0 aliphatic carbocycles. The standard InChI is InChI=1S/C17H15NO3/c1-18-12-9-10-5-3-4-6-13(10)21-16-14(20-2)8-7-11(15(12)16)17(18)19/h3-8,12H,9H2,1-2H3. The number of hydrogen-bond acceptors (Lipinski definition) is 3. The number of carbonyl (C=O) groups is 1. The molecule has 1 amide bonds. The Labute approximate surface area is 122 Å². The van der Waals surface area contributed by atoms with Gasteiger partial charge in [0.2, 0.25) is 0 Å². The number of amides is 1. The van der Waals surface area contributed by atoms with E-state index in [4.69, 9.17) is 9.47 Å². The van der Waals surface area contributed by atoms with Crippen molar-refractivity contribution in [3.05, 3.63) is 53.1 Å². The molecule has 0 N–H and O–H groups in total. The number of hydrogen-bond donors (Lipinski definition) is 0. The van der Waals surface area contributed by atoms with Crippen molar-refractivity contribution in [2.45, 2.75) is 12.5 Å². The van der Waals surface area contributed by atoms with Gasteiger partial charge in [-0.05, 0) is 23.8 Å². The predicted molar refractivity (Wildman–Crippen MR) is 78.0 cm³/mol. The Morgan fingerprint density at radius 3 is 2.86 bits per heavy atom. The fourth-order valence-corrected chi connectivity index (χ4v) is 3.22. The van der Waals surface area contributed by atoms with Crippen LogP contribution in [-0.4, -0.2) is 25.0 Å². The lowest BCUT2D eigenvalue weighted by Crippen LogP contribution is -2.24. The van der Waals surface area contributed by atoms with E-state index in [0.29, 0.717) is 17.1 Å². The van der Waals surface area contributed by atoms with E-state index in [1.807, 2.05) is 37.4 Å². The molecule has 2 aliphatic rings. The molecule has 0 saturated heterocycles. The summed E-state index contributed by atoms with van der Waals surface area (Å²) in [7, 11) is 3.46. The van der Waals surface area contributed by atoms with Crippen LogP contribution in [-0.2, 0) is 6.42 Å². The molecule has 2 heterocycles. The normalized spacial score (nSPS) is 18.7. The first-order chi connectivity index (χ1) is 10.2. The predicted octanol–water partition coefficient (Wildman–Crippen LogP) is 3.17. The monoisotopic (exact) mass is 281 g/mol. The molecule has 2 aromatic carbocycles. The lowest BCUT2D eigenvalue weighted by molar-refractivity contribution is 0.0774. The molecular formula is C17H15NO3. The lowest BCUT2D eigenvalue weighted by Gasteiger charge is -2.19. The first-order valence-electron chi connectivity index (χ1n) is 6.94. The number of rotatable bonds is 1. The second-order valence-corrected chi connectivity index (χ2v) is 5.40. The molecule has 0 radical (unpaired) electrons. The highest BCUT2D eigenvalue weighted by Gasteiger charge is 2.40. The summed E-state index contributed by atoms with van der Waals surface area (Å²) in [5, 5.41) is 0. The number of benzene rings is 2. The Kier molecular flexibility index (Phi) is 2.48. The molecule has 0 fully saturated rings. The van der Waals surface area contributed by atoms with E-state index >= 15 is 0 Å². The molecule has 0 bridgehead atoms. The minimum Gasteiger partial charge on any atom is -0.493 e. The molecule has 1 atom stereocenters. The highest BCUT2D eigenvalue weighted by Crippen LogP contribution is 2.49. The Morgan fingerprint density at radius 2 is 2.05 bits per heavy atom. The first-order valence-corrected chi connectivity index (χ1v) is 6.94. The maximum atomic E-state index is 12.4. The van der Waals surface area contributed by atoms with E-state index in [1.54, 1.807) is 18.1 Å². The van der Waals surface area contributed by atoms with Crippen LogP contribution in [0.3, 0.4) is 0 Å². The van der Waals surface area contributed by atoms with Crippen LogP contribution in [0.4, 0.5) is 0 Å². The zero-order valence-corrected chi connectivity index (χ0v) is 11.9. The van der Waals surface area contributed by atoms with Crippen molar-refractivity contribution >= 4 is 5.91 Å². The maximum Gasteiger partial charge on any atom is 0.254 e. The molecule has 2 aromatic rings. The van der Waals surface area contributed by atoms with Gasteiger partial charge < -0.3 is 14.4 Å². The van der Waals surface area contributed by atoms with Gasteiger partial charge in [-0.3, -0.25) is 4.79 Å². The fraction of sp³-hybridized carbons (Fsp3) is 0.235. The molecule has 2 aliphatic heterocycles. The Bertz CT molecular complexity index is 754. The van der Waals surface area contributed by atoms with Crippen molar-refractivity contribution < 1.29 is 14.3 Å². The summed E-state index contributed by atoms with van der Waals surface area (Å²) in [5.74, 6) is 2.21. The molecule has 21 heavy (non-hydrogen) atoms. The van der Waals surface area contributed by atoms with E-state index in [1.165, 1.54) is 0 Å². The SMILES string of the molecule is COc1ccc2c3c1Oc1ccccc1CC3N(C)C2=O. The number of methoxy groups -OCH3 is 1. The van der Waals surface area contributed by atoms with Crippen LogP contribution in [0, 0.1) is 0 Å². The van der Waals surface area contributed by atoms with Gasteiger partial charge in [-0.2, -0.15) is 0 Å². The Morgan fingerprint density at radius 1 is 1.24 bits per heavy atom. The van der Waals surface area contributed by atoms with Gasteiger partial charge in [0, 0.05) is 24.6 Å². The molecule has 1 unspecified atom stereocenters. The molecular weight excluding hydrogens is 266 g/mol. The van der Waals surface area contributed by atoms with Gasteiger partial charge >= 0.3 is 0 Å². The highest BCUT2D eigenvalue weighted by molar-refractivity contribution is 6.00. The summed E-state index contributed by atoms with van der Waals surface area (Å²) >= 11 is 0. The maximum absolute atomic E-state index is 12.4. The van der Waals surface area contributed by atoms with Crippen molar-refractivity contribution in [3.63, 3.8) is 0 Å². The average Bonchev–Trinajstić information content (AvgIpc) is 2.67. The van der Waals surface area contributed by atoms with Gasteiger partial charge in [0.15, 0.2) is 11.5 Å². The Hall–Kier alpha value is -2.49. The third-order valence-electron chi connectivity index (χ3n) is 4.33. The van der Waals surface area contributed by atoms with Crippen LogP contribution in [0.2, 0.25) is 0 Å². The van der Waals surface area contributed by atoms with Crippen LogP contribution in [0.15, 0.2) is 36.4 Å². The fourth-order valence-electron chi connectivity index (χ4n) is 3.22. The van der Waals surface area contributed by atoms with Crippen LogP contribution in [0.5, 0.6) is 17.2 Å². The summed E-state index contributed by atoms with van der Waals surface area (Å²) in [4.78, 5) is 14.2. The van der Waals surface area contributed by atoms with E-state index in [0.717, 1.165) is 23.3 Å². The van der Waals surface area contributed by atoms with Crippen molar-refractivity contribution in [2.24, 2.45) is 0 Å². The summed E-state index contributed by atoms with van der Waals surface area (Å²) in [6.07, 6.45) is 0.756. The average molecular weight is 281 g/mol. The van der Waals surface area contributed by atoms with E-state index in [9.17, 15) is 4.79 Å². The number of nitrogens with zero attached hydrogens (tertiary/aromatic N) is 1. The number of para-hydroxylation sites is 1. The molecule has 0 saturated carbocycles. The zero-order chi connectivity index (χ0) is 14.6. The molecule has 4 rings (SSSR count). The van der Waals surface area contributed by atoms with Gasteiger partial charge in [0.05, 0.1) is 13.2 Å². The summed E-state index contributed by atoms with van der Waals surface area (Å²) < 4.78 is 11.5. The molecule has 4 nitrogen and oxygen atoms in total. The van der Waals surface area contributed by atoms with Gasteiger partial charge in [-0.1, -0.05) is 18.2 Å². The highest BCUT2D eigenvalue weighted by atomic mass is 16.5. The van der Waals surface area contributed by atoms with Crippen LogP contribution < -0.4 is 9.47 Å². The van der Waals surface area contributed by atoms with E-state index in [-0.39, 0.29) is 11.9 Å². The van der Waals surface area contributed by atoms with Crippen molar-refractivity contribution in [3.8, 4) is 17.2 Å². The topological polar surface area (TPSA) is 38.8 Å². The third-order valence-corrected chi connectivity index (χ3v) is 4.33. The molecule has 4 heteroatoms. The van der Waals surface area contributed by atoms with E-state index < -0.39 is 0 Å². The smallest absolute Gasteiger partial charge is 0.254 e. The molecule has 106 valence electrons. The molecule has 0 spiro atoms. The van der Waals surface area contributed by atoms with E-state index in [2.05, 4.69) is 0 Å². The van der Waals surface area contributed by atoms with Gasteiger partial charge in [0.1, 0.15) is 5.75 Å². The summed E-state index contributed by atoms with van der Waals surface area (Å²) in [6.45, 7) is 0. The lowest BCUT2D eigenvalue weighted by atomic mass is 9.98. The minimum atomic E-state index is 0.00116. The van der Waals surface area contributed by atoms with Crippen molar-refractivity contribution in [1.82, 2.24) is 4.90 Å². The Balaban J connectivity index is 2.00. The van der Waals surface area contributed by atoms with Crippen molar-refractivity contribution in [1.29, 1.82) is 0 Å². The van der Waals surface area contributed by atoms with Gasteiger partial charge in [-0.15, -0.1) is 0 Å². The largest absolute Gasteiger partial charge is 0.493 e. The number of likely N-dealkylation sites (N-methyl/N-ethyl adjacent to an activating group) is 1. The third kappa shape index (κ3) is 1.59. The van der Waals surface area contributed by atoms with Crippen LogP contribution >= 0.6 is 0 Å². The number of carbonyl (C=O) groups excluding carboxylic acids is 1. The molecule has 0 aromatic heterocycles. The van der Waals surface area contributed by atoms with Crippen LogP contribution in [0.25, 0.3) is 0 Å². The van der Waals surface area contributed by atoms with Crippen LogP contribution in [0.1, 0.15) is 27.5 Å². The minimum absolute atomic E-state index is 0.00116. The first kappa shape index (κ1) is 12.3. The quantitative estimate of drug-likeness (QED) is 0.806. The zero-order valence-electron chi connectivity index (χ0n) is 11.9. The number of ether oxygens (including phenoxy) is 2. The van der Waals surface area contributed by atoms with Gasteiger partial charge in [0.25, 0.3) is 5.91 Å².